The number of hydrogen-bond acceptors (Lipinski definition) is 6. The number of carbonyl (C=O) groups excluding carboxylic acids is 2. The highest BCUT2D eigenvalue weighted by molar-refractivity contribution is 6.46. The summed E-state index contributed by atoms with van der Waals surface area (Å²) in [6.45, 7) is 1.87. The van der Waals surface area contributed by atoms with E-state index in [9.17, 15) is 9.59 Å². The highest BCUT2D eigenvalue weighted by atomic mass is 16.5. The van der Waals surface area contributed by atoms with Gasteiger partial charge in [0, 0.05) is 0 Å². The Labute approximate surface area is 144 Å². The molecule has 1 aliphatic rings. The zero-order chi connectivity index (χ0) is 17.6. The van der Waals surface area contributed by atoms with Crippen molar-refractivity contribution in [2.24, 2.45) is 15.3 Å². The maximum Gasteiger partial charge on any atom is 0.357 e. The number of hydrogen-bond donors (Lipinski definition) is 0. The Balaban J connectivity index is 1.92. The van der Waals surface area contributed by atoms with Crippen molar-refractivity contribution in [3.05, 3.63) is 60.7 Å². The fourth-order valence-electron chi connectivity index (χ4n) is 2.28. The summed E-state index contributed by atoms with van der Waals surface area (Å²) in [4.78, 5) is 24.9. The molecule has 7 nitrogen and oxygen atoms in total. The van der Waals surface area contributed by atoms with Crippen LogP contribution in [0.3, 0.4) is 0 Å². The number of hydrazone groups is 1. The van der Waals surface area contributed by atoms with E-state index in [1.165, 1.54) is 0 Å². The fourth-order valence-corrected chi connectivity index (χ4v) is 2.28. The van der Waals surface area contributed by atoms with E-state index < -0.39 is 17.9 Å². The van der Waals surface area contributed by atoms with Gasteiger partial charge in [-0.1, -0.05) is 36.4 Å². The predicted molar refractivity (Wildman–Crippen MR) is 92.7 cm³/mol. The molecule has 3 rings (SSSR count). The van der Waals surface area contributed by atoms with Crippen molar-refractivity contribution in [1.29, 1.82) is 0 Å². The van der Waals surface area contributed by atoms with E-state index in [0.29, 0.717) is 11.4 Å². The molecule has 0 aromatic heterocycles. The Hall–Kier alpha value is -3.35. The molecule has 0 radical (unpaired) electrons. The molecule has 25 heavy (non-hydrogen) atoms. The number of benzene rings is 2. The van der Waals surface area contributed by atoms with Crippen LogP contribution < -0.4 is 5.01 Å². The van der Waals surface area contributed by atoms with Crippen LogP contribution in [-0.4, -0.2) is 30.2 Å². The summed E-state index contributed by atoms with van der Waals surface area (Å²) >= 11 is 0. The van der Waals surface area contributed by atoms with Gasteiger partial charge >= 0.3 is 5.97 Å². The van der Waals surface area contributed by atoms with Crippen LogP contribution >= 0.6 is 0 Å². The van der Waals surface area contributed by atoms with Gasteiger partial charge < -0.3 is 4.74 Å². The van der Waals surface area contributed by atoms with Crippen molar-refractivity contribution in [3.8, 4) is 0 Å². The Morgan fingerprint density at radius 3 is 2.40 bits per heavy atom. The quantitative estimate of drug-likeness (QED) is 0.621. The molecule has 0 aliphatic carbocycles. The normalized spacial score (nSPS) is 17.0. The Morgan fingerprint density at radius 1 is 1.12 bits per heavy atom. The summed E-state index contributed by atoms with van der Waals surface area (Å²) in [6, 6.07) is 16.7. The number of anilines is 1. The molecule has 1 aliphatic heterocycles. The molecule has 1 atom stereocenters. The van der Waals surface area contributed by atoms with Crippen LogP contribution in [0.5, 0.6) is 0 Å². The summed E-state index contributed by atoms with van der Waals surface area (Å²) in [7, 11) is 0. The van der Waals surface area contributed by atoms with Crippen molar-refractivity contribution >= 4 is 29.0 Å². The number of rotatable bonds is 5. The molecule has 0 N–H and O–H groups in total. The van der Waals surface area contributed by atoms with Gasteiger partial charge in [0.1, 0.15) is 0 Å². The topological polar surface area (TPSA) is 83.7 Å². The van der Waals surface area contributed by atoms with Crippen molar-refractivity contribution in [2.45, 2.75) is 13.0 Å². The van der Waals surface area contributed by atoms with Crippen LogP contribution in [0.15, 0.2) is 76.0 Å². The smallest absolute Gasteiger partial charge is 0.357 e. The van der Waals surface area contributed by atoms with Crippen LogP contribution in [0.1, 0.15) is 6.92 Å². The van der Waals surface area contributed by atoms with Crippen molar-refractivity contribution < 1.29 is 14.3 Å². The highest BCUT2D eigenvalue weighted by Crippen LogP contribution is 2.23. The minimum absolute atomic E-state index is 0.0737. The second-order valence-corrected chi connectivity index (χ2v) is 5.14. The fraction of sp³-hybridized carbons (Fsp3) is 0.167. The lowest BCUT2D eigenvalue weighted by atomic mass is 10.2. The van der Waals surface area contributed by atoms with Gasteiger partial charge in [0.15, 0.2) is 5.71 Å². The number of nitrogens with zero attached hydrogens (tertiary/aromatic N) is 4. The third-order valence-electron chi connectivity index (χ3n) is 3.44. The first-order valence-electron chi connectivity index (χ1n) is 7.81. The van der Waals surface area contributed by atoms with Crippen LogP contribution in [0.2, 0.25) is 0 Å². The molecule has 1 heterocycles. The Morgan fingerprint density at radius 2 is 1.76 bits per heavy atom. The van der Waals surface area contributed by atoms with Gasteiger partial charge in [0.25, 0.3) is 5.91 Å². The zero-order valence-corrected chi connectivity index (χ0v) is 13.6. The number of carbonyl (C=O) groups is 2. The SMILES string of the molecule is CCOC(=O)C1=NN(c2ccccc2)C(=O)C1N=Nc1ccccc1. The second-order valence-electron chi connectivity index (χ2n) is 5.14. The molecule has 0 fully saturated rings. The summed E-state index contributed by atoms with van der Waals surface area (Å²) in [5, 5.41) is 13.4. The van der Waals surface area contributed by atoms with Gasteiger partial charge in [-0.25, -0.2) is 4.79 Å². The number of ether oxygens (including phenoxy) is 1. The molecular formula is C18H16N4O3. The van der Waals surface area contributed by atoms with Gasteiger partial charge in [-0.05, 0) is 31.2 Å². The highest BCUT2D eigenvalue weighted by Gasteiger charge is 2.41. The lowest BCUT2D eigenvalue weighted by Gasteiger charge is -2.11. The van der Waals surface area contributed by atoms with Gasteiger partial charge in [0.2, 0.25) is 6.04 Å². The second kappa shape index (κ2) is 7.48. The van der Waals surface area contributed by atoms with Crippen LogP contribution in [0.4, 0.5) is 11.4 Å². The lowest BCUT2D eigenvalue weighted by Crippen LogP contribution is -2.33. The molecule has 0 saturated carbocycles. The molecule has 0 spiro atoms. The van der Waals surface area contributed by atoms with Gasteiger partial charge in [-0.3, -0.25) is 4.79 Å². The standard InChI is InChI=1S/C18H16N4O3/c1-2-25-18(24)16-15(20-19-13-9-5-3-6-10-13)17(23)22(21-16)14-11-7-4-8-12-14/h3-12,15H,2H2,1H3. The Kier molecular flexibility index (Phi) is 4.94. The van der Waals surface area contributed by atoms with E-state index in [-0.39, 0.29) is 12.3 Å². The molecule has 0 saturated heterocycles. The average Bonchev–Trinajstić information content (AvgIpc) is 2.98. The molecular weight excluding hydrogens is 320 g/mol. The molecule has 2 aromatic rings. The van der Waals surface area contributed by atoms with E-state index in [2.05, 4.69) is 15.3 Å². The van der Waals surface area contributed by atoms with Crippen molar-refractivity contribution in [1.82, 2.24) is 0 Å². The average molecular weight is 336 g/mol. The summed E-state index contributed by atoms with van der Waals surface area (Å²) in [5.74, 6) is -1.12. The predicted octanol–water partition coefficient (Wildman–Crippen LogP) is 3.10. The minimum atomic E-state index is -1.13. The van der Waals surface area contributed by atoms with Crippen molar-refractivity contribution in [3.63, 3.8) is 0 Å². The lowest BCUT2D eigenvalue weighted by molar-refractivity contribution is -0.135. The van der Waals surface area contributed by atoms with Gasteiger partial charge in [-0.15, -0.1) is 0 Å². The zero-order valence-electron chi connectivity index (χ0n) is 13.6. The van der Waals surface area contributed by atoms with E-state index in [0.717, 1.165) is 5.01 Å². The van der Waals surface area contributed by atoms with E-state index in [1.807, 2.05) is 12.1 Å². The molecule has 1 unspecified atom stereocenters. The number of esters is 1. The van der Waals surface area contributed by atoms with Crippen LogP contribution in [-0.2, 0) is 14.3 Å². The summed E-state index contributed by atoms with van der Waals surface area (Å²) in [6.07, 6.45) is 0. The van der Waals surface area contributed by atoms with Crippen LogP contribution in [0, 0.1) is 0 Å². The molecule has 0 bridgehead atoms. The number of amides is 1. The Bertz CT molecular complexity index is 819. The van der Waals surface area contributed by atoms with E-state index in [1.54, 1.807) is 55.5 Å². The third kappa shape index (κ3) is 3.60. The van der Waals surface area contributed by atoms with E-state index in [4.69, 9.17) is 4.74 Å². The number of azo groups is 1. The van der Waals surface area contributed by atoms with Crippen molar-refractivity contribution in [2.75, 3.05) is 11.6 Å². The molecule has 126 valence electrons. The maximum atomic E-state index is 12.7. The first-order valence-corrected chi connectivity index (χ1v) is 7.81. The first kappa shape index (κ1) is 16.5. The first-order chi connectivity index (χ1) is 12.2. The monoisotopic (exact) mass is 336 g/mol. The summed E-state index contributed by atoms with van der Waals surface area (Å²) in [5.41, 5.74) is 1.05. The van der Waals surface area contributed by atoms with Gasteiger partial charge in [0.05, 0.1) is 18.0 Å². The largest absolute Gasteiger partial charge is 0.461 e. The van der Waals surface area contributed by atoms with E-state index >= 15 is 0 Å². The number of para-hydroxylation sites is 1. The molecule has 1 amide bonds. The molecule has 2 aromatic carbocycles. The molecule has 7 heteroatoms. The van der Waals surface area contributed by atoms with Gasteiger partial charge in [-0.2, -0.15) is 20.3 Å². The third-order valence-corrected chi connectivity index (χ3v) is 3.44. The minimum Gasteiger partial charge on any atom is -0.461 e. The maximum absolute atomic E-state index is 12.7. The van der Waals surface area contributed by atoms with Crippen LogP contribution in [0.25, 0.3) is 0 Å². The summed E-state index contributed by atoms with van der Waals surface area (Å²) < 4.78 is 4.99.